The van der Waals surface area contributed by atoms with Crippen LogP contribution >= 0.6 is 0 Å². The van der Waals surface area contributed by atoms with Gasteiger partial charge in [-0.25, -0.2) is 0 Å². The van der Waals surface area contributed by atoms with E-state index < -0.39 is 24.2 Å². The molecule has 0 saturated heterocycles. The minimum absolute atomic E-state index is 0.0149. The maximum atomic E-state index is 12.4. The van der Waals surface area contributed by atoms with Crippen LogP contribution in [0.2, 0.25) is 0 Å². The van der Waals surface area contributed by atoms with E-state index >= 15 is 0 Å². The first-order valence-electron chi connectivity index (χ1n) is 5.80. The SMILES string of the molecule is CCOCCCN(CC(F)(F)F)C(=O)C(C)(C)N. The Kier molecular flexibility index (Phi) is 6.62. The highest BCUT2D eigenvalue weighted by atomic mass is 19.4. The Morgan fingerprint density at radius 2 is 1.89 bits per heavy atom. The van der Waals surface area contributed by atoms with E-state index in [-0.39, 0.29) is 6.54 Å². The molecule has 0 aliphatic carbocycles. The summed E-state index contributed by atoms with van der Waals surface area (Å²) >= 11 is 0. The monoisotopic (exact) mass is 270 g/mol. The van der Waals surface area contributed by atoms with Crippen LogP contribution in [0, 0.1) is 0 Å². The second kappa shape index (κ2) is 6.94. The van der Waals surface area contributed by atoms with E-state index in [1.807, 2.05) is 0 Å². The molecule has 108 valence electrons. The van der Waals surface area contributed by atoms with Crippen LogP contribution in [-0.4, -0.2) is 48.8 Å². The van der Waals surface area contributed by atoms with Crippen molar-refractivity contribution in [2.24, 2.45) is 5.73 Å². The van der Waals surface area contributed by atoms with Gasteiger partial charge in [-0.05, 0) is 27.2 Å². The van der Waals surface area contributed by atoms with Gasteiger partial charge in [0.1, 0.15) is 6.54 Å². The number of ether oxygens (including phenoxy) is 1. The normalized spacial score (nSPS) is 12.6. The topological polar surface area (TPSA) is 55.6 Å². The number of alkyl halides is 3. The number of rotatable bonds is 7. The molecule has 1 amide bonds. The summed E-state index contributed by atoms with van der Waals surface area (Å²) in [5.74, 6) is -0.712. The van der Waals surface area contributed by atoms with Gasteiger partial charge in [0.15, 0.2) is 0 Å². The van der Waals surface area contributed by atoms with E-state index in [2.05, 4.69) is 0 Å². The van der Waals surface area contributed by atoms with Crippen LogP contribution in [-0.2, 0) is 9.53 Å². The van der Waals surface area contributed by atoms with Gasteiger partial charge in [0.25, 0.3) is 0 Å². The third-order valence-electron chi connectivity index (χ3n) is 2.13. The van der Waals surface area contributed by atoms with Gasteiger partial charge in [0, 0.05) is 19.8 Å². The van der Waals surface area contributed by atoms with Crippen molar-refractivity contribution < 1.29 is 22.7 Å². The highest BCUT2D eigenvalue weighted by Crippen LogP contribution is 2.18. The quantitative estimate of drug-likeness (QED) is 0.714. The van der Waals surface area contributed by atoms with Crippen molar-refractivity contribution in [1.29, 1.82) is 0 Å². The Morgan fingerprint density at radius 1 is 1.33 bits per heavy atom. The van der Waals surface area contributed by atoms with Crippen LogP contribution in [0.25, 0.3) is 0 Å². The minimum atomic E-state index is -4.42. The van der Waals surface area contributed by atoms with Gasteiger partial charge in [-0.3, -0.25) is 4.79 Å². The zero-order chi connectivity index (χ0) is 14.4. The zero-order valence-corrected chi connectivity index (χ0v) is 11.0. The summed E-state index contributed by atoms with van der Waals surface area (Å²) in [6.07, 6.45) is -4.07. The zero-order valence-electron chi connectivity index (χ0n) is 11.0. The molecular formula is C11H21F3N2O2. The Labute approximate surface area is 105 Å². The highest BCUT2D eigenvalue weighted by Gasteiger charge is 2.36. The van der Waals surface area contributed by atoms with Crippen LogP contribution in [0.15, 0.2) is 0 Å². The molecule has 0 aromatic heterocycles. The third-order valence-corrected chi connectivity index (χ3v) is 2.13. The fourth-order valence-electron chi connectivity index (χ4n) is 1.38. The lowest BCUT2D eigenvalue weighted by Crippen LogP contribution is -2.53. The molecular weight excluding hydrogens is 249 g/mol. The van der Waals surface area contributed by atoms with Gasteiger partial charge >= 0.3 is 6.18 Å². The van der Waals surface area contributed by atoms with Crippen LogP contribution in [0.4, 0.5) is 13.2 Å². The number of halogens is 3. The number of hydrogen-bond donors (Lipinski definition) is 1. The molecule has 7 heteroatoms. The van der Waals surface area contributed by atoms with Gasteiger partial charge in [0.2, 0.25) is 5.91 Å². The Morgan fingerprint density at radius 3 is 2.28 bits per heavy atom. The molecule has 0 rings (SSSR count). The lowest BCUT2D eigenvalue weighted by Gasteiger charge is -2.30. The second-order valence-corrected chi connectivity index (χ2v) is 4.61. The summed E-state index contributed by atoms with van der Waals surface area (Å²) in [6.45, 7) is 4.10. The molecule has 0 radical (unpaired) electrons. The maximum Gasteiger partial charge on any atom is 0.406 e. The highest BCUT2D eigenvalue weighted by molar-refractivity contribution is 5.85. The van der Waals surface area contributed by atoms with E-state index in [0.717, 1.165) is 4.90 Å². The predicted octanol–water partition coefficient (Wildman–Crippen LogP) is 1.54. The van der Waals surface area contributed by atoms with Crippen molar-refractivity contribution >= 4 is 5.91 Å². The van der Waals surface area contributed by atoms with Gasteiger partial charge < -0.3 is 15.4 Å². The molecule has 0 aliphatic rings. The number of nitrogens with zero attached hydrogens (tertiary/aromatic N) is 1. The average molecular weight is 270 g/mol. The molecule has 0 aromatic rings. The molecule has 18 heavy (non-hydrogen) atoms. The standard InChI is InChI=1S/C11H21F3N2O2/c1-4-18-7-5-6-16(8-11(12,13)14)9(17)10(2,3)15/h4-8,15H2,1-3H3. The molecule has 0 saturated carbocycles. The number of carbonyl (C=O) groups excluding carboxylic acids is 1. The molecule has 0 fully saturated rings. The predicted molar refractivity (Wildman–Crippen MR) is 62.0 cm³/mol. The molecule has 0 atom stereocenters. The first-order chi connectivity index (χ1) is 8.08. The first-order valence-corrected chi connectivity index (χ1v) is 5.80. The summed E-state index contributed by atoms with van der Waals surface area (Å²) in [5.41, 5.74) is 4.23. The third kappa shape index (κ3) is 7.50. The van der Waals surface area contributed by atoms with E-state index in [4.69, 9.17) is 10.5 Å². The molecule has 0 aromatic carbocycles. The molecule has 0 spiro atoms. The largest absolute Gasteiger partial charge is 0.406 e. The van der Waals surface area contributed by atoms with E-state index in [1.165, 1.54) is 13.8 Å². The van der Waals surface area contributed by atoms with Gasteiger partial charge in [-0.15, -0.1) is 0 Å². The van der Waals surface area contributed by atoms with Gasteiger partial charge in [0.05, 0.1) is 5.54 Å². The molecule has 4 nitrogen and oxygen atoms in total. The van der Waals surface area contributed by atoms with Crippen LogP contribution in [0.1, 0.15) is 27.2 Å². The molecule has 0 bridgehead atoms. The molecule has 2 N–H and O–H groups in total. The number of nitrogens with two attached hydrogens (primary N) is 1. The molecule has 0 unspecified atom stereocenters. The average Bonchev–Trinajstić information content (AvgIpc) is 2.18. The lowest BCUT2D eigenvalue weighted by molar-refractivity contribution is -0.164. The van der Waals surface area contributed by atoms with Crippen LogP contribution in [0.5, 0.6) is 0 Å². The summed E-state index contributed by atoms with van der Waals surface area (Å²) < 4.78 is 42.1. The molecule has 0 aliphatic heterocycles. The van der Waals surface area contributed by atoms with E-state index in [1.54, 1.807) is 6.92 Å². The van der Waals surface area contributed by atoms with Crippen molar-refractivity contribution in [2.45, 2.75) is 38.9 Å². The van der Waals surface area contributed by atoms with E-state index in [9.17, 15) is 18.0 Å². The number of amides is 1. The summed E-state index contributed by atoms with van der Waals surface area (Å²) in [6, 6.07) is 0. The summed E-state index contributed by atoms with van der Waals surface area (Å²) in [7, 11) is 0. The van der Waals surface area contributed by atoms with Gasteiger partial charge in [-0.1, -0.05) is 0 Å². The van der Waals surface area contributed by atoms with Gasteiger partial charge in [-0.2, -0.15) is 13.2 Å². The van der Waals surface area contributed by atoms with Crippen molar-refractivity contribution in [3.8, 4) is 0 Å². The van der Waals surface area contributed by atoms with Crippen LogP contribution in [0.3, 0.4) is 0 Å². The Bertz CT molecular complexity index is 262. The minimum Gasteiger partial charge on any atom is -0.382 e. The lowest BCUT2D eigenvalue weighted by atomic mass is 10.1. The smallest absolute Gasteiger partial charge is 0.382 e. The van der Waals surface area contributed by atoms with E-state index in [0.29, 0.717) is 19.6 Å². The maximum absolute atomic E-state index is 12.4. The Balaban J connectivity index is 4.49. The summed E-state index contributed by atoms with van der Waals surface area (Å²) in [4.78, 5) is 12.5. The van der Waals surface area contributed by atoms with Crippen molar-refractivity contribution in [3.63, 3.8) is 0 Å². The Hall–Kier alpha value is -0.820. The number of carbonyl (C=O) groups is 1. The summed E-state index contributed by atoms with van der Waals surface area (Å²) in [5, 5.41) is 0. The second-order valence-electron chi connectivity index (χ2n) is 4.61. The fraction of sp³-hybridized carbons (Fsp3) is 0.909. The fourth-order valence-corrected chi connectivity index (χ4v) is 1.38. The van der Waals surface area contributed by atoms with Crippen molar-refractivity contribution in [1.82, 2.24) is 4.90 Å². The number of hydrogen-bond acceptors (Lipinski definition) is 3. The van der Waals surface area contributed by atoms with Crippen molar-refractivity contribution in [2.75, 3.05) is 26.3 Å². The first kappa shape index (κ1) is 17.2. The van der Waals surface area contributed by atoms with Crippen molar-refractivity contribution in [3.05, 3.63) is 0 Å². The van der Waals surface area contributed by atoms with Crippen LogP contribution < -0.4 is 5.73 Å². The molecule has 0 heterocycles.